The molecule has 9 heteroatoms. The first-order chi connectivity index (χ1) is 12.4. The van der Waals surface area contributed by atoms with Crippen molar-refractivity contribution in [2.45, 2.75) is 12.0 Å². The summed E-state index contributed by atoms with van der Waals surface area (Å²) in [6, 6.07) is 10.7. The fourth-order valence-electron chi connectivity index (χ4n) is 2.58. The van der Waals surface area contributed by atoms with Gasteiger partial charge in [0.15, 0.2) is 0 Å². The molecule has 0 saturated carbocycles. The Bertz CT molecular complexity index is 810. The van der Waals surface area contributed by atoms with Gasteiger partial charge in [-0.05, 0) is 24.3 Å². The number of amides is 2. The molecule has 1 N–H and O–H groups in total. The first-order valence-corrected chi connectivity index (χ1v) is 9.43. The maximum Gasteiger partial charge on any atom is 0.387 e. The second-order valence-electron chi connectivity index (χ2n) is 5.42. The second kappa shape index (κ2) is 8.33. The van der Waals surface area contributed by atoms with Crippen LogP contribution in [-0.2, 0) is 0 Å². The topological polar surface area (TPSA) is 41.6 Å². The van der Waals surface area contributed by atoms with E-state index in [1.54, 1.807) is 40.9 Å². The minimum atomic E-state index is -2.92. The van der Waals surface area contributed by atoms with Crippen molar-refractivity contribution in [2.24, 2.45) is 0 Å². The number of nitrogens with one attached hydrogen (secondary N) is 1. The van der Waals surface area contributed by atoms with Gasteiger partial charge in [-0.15, -0.1) is 11.8 Å². The number of hydrogen-bond donors (Lipinski definition) is 1. The summed E-state index contributed by atoms with van der Waals surface area (Å²) < 4.78 is 29.0. The number of ether oxygens (including phenoxy) is 1. The van der Waals surface area contributed by atoms with Gasteiger partial charge in [0.05, 0.1) is 0 Å². The lowest BCUT2D eigenvalue weighted by Gasteiger charge is -2.25. The molecule has 1 aliphatic rings. The van der Waals surface area contributed by atoms with E-state index in [0.29, 0.717) is 22.3 Å². The number of carbonyl (C=O) groups excluding carboxylic acids is 1. The van der Waals surface area contributed by atoms with Gasteiger partial charge in [0.1, 0.15) is 11.1 Å². The Morgan fingerprint density at radius 2 is 2.08 bits per heavy atom. The fourth-order valence-corrected chi connectivity index (χ4v) is 4.45. The van der Waals surface area contributed by atoms with Crippen molar-refractivity contribution >= 4 is 46.7 Å². The van der Waals surface area contributed by atoms with Crippen LogP contribution in [0.4, 0.5) is 19.3 Å². The highest BCUT2D eigenvalue weighted by atomic mass is 35.5. The van der Waals surface area contributed by atoms with E-state index in [1.165, 1.54) is 18.2 Å². The van der Waals surface area contributed by atoms with E-state index >= 15 is 0 Å². The number of halogens is 4. The van der Waals surface area contributed by atoms with Gasteiger partial charge in [-0.3, -0.25) is 0 Å². The molecular formula is C17H14Cl2F2N2O2S. The van der Waals surface area contributed by atoms with Crippen molar-refractivity contribution in [1.29, 1.82) is 0 Å². The highest BCUT2D eigenvalue weighted by Crippen LogP contribution is 2.41. The van der Waals surface area contributed by atoms with Gasteiger partial charge < -0.3 is 15.0 Å². The van der Waals surface area contributed by atoms with Crippen molar-refractivity contribution in [2.75, 3.05) is 17.6 Å². The van der Waals surface area contributed by atoms with E-state index in [0.717, 1.165) is 11.3 Å². The van der Waals surface area contributed by atoms with E-state index in [4.69, 9.17) is 23.2 Å². The maximum atomic E-state index is 12.7. The number of nitrogens with zero attached hydrogens (tertiary/aromatic N) is 1. The predicted molar refractivity (Wildman–Crippen MR) is 100 cm³/mol. The Labute approximate surface area is 163 Å². The quantitative estimate of drug-likeness (QED) is 0.674. The third-order valence-electron chi connectivity index (χ3n) is 3.69. The van der Waals surface area contributed by atoms with E-state index < -0.39 is 6.61 Å². The summed E-state index contributed by atoms with van der Waals surface area (Å²) in [7, 11) is 0. The van der Waals surface area contributed by atoms with Crippen LogP contribution in [0.3, 0.4) is 0 Å². The molecule has 0 bridgehead atoms. The fraction of sp³-hybridized carbons (Fsp3) is 0.235. The molecule has 1 fully saturated rings. The SMILES string of the molecule is O=C(Nc1cccc(OC(F)F)c1)N1CCSC1c1ccc(Cl)cc1Cl. The molecular weight excluding hydrogens is 405 g/mol. The van der Waals surface area contributed by atoms with Crippen LogP contribution in [0.5, 0.6) is 5.75 Å². The summed E-state index contributed by atoms with van der Waals surface area (Å²) in [4.78, 5) is 14.3. The van der Waals surface area contributed by atoms with Crippen molar-refractivity contribution in [3.63, 3.8) is 0 Å². The highest BCUT2D eigenvalue weighted by Gasteiger charge is 2.32. The second-order valence-corrected chi connectivity index (χ2v) is 7.45. The number of thioether (sulfide) groups is 1. The molecule has 1 heterocycles. The molecule has 1 unspecified atom stereocenters. The molecule has 138 valence electrons. The number of urea groups is 1. The number of hydrogen-bond acceptors (Lipinski definition) is 3. The van der Waals surface area contributed by atoms with Crippen LogP contribution in [0.1, 0.15) is 10.9 Å². The predicted octanol–water partition coefficient (Wildman–Crippen LogP) is 5.87. The number of carbonyl (C=O) groups is 1. The molecule has 2 aromatic carbocycles. The van der Waals surface area contributed by atoms with Gasteiger partial charge in [-0.25, -0.2) is 4.79 Å². The summed E-state index contributed by atoms with van der Waals surface area (Å²) in [6.45, 7) is -2.39. The lowest BCUT2D eigenvalue weighted by Crippen LogP contribution is -2.34. The third kappa shape index (κ3) is 4.52. The number of rotatable bonds is 4. The zero-order valence-corrected chi connectivity index (χ0v) is 15.6. The van der Waals surface area contributed by atoms with Crippen LogP contribution in [0, 0.1) is 0 Å². The molecule has 0 radical (unpaired) electrons. The van der Waals surface area contributed by atoms with Gasteiger partial charge >= 0.3 is 12.6 Å². The normalized spacial score (nSPS) is 16.8. The van der Waals surface area contributed by atoms with Crippen LogP contribution < -0.4 is 10.1 Å². The highest BCUT2D eigenvalue weighted by molar-refractivity contribution is 7.99. The molecule has 2 amide bonds. The molecule has 3 rings (SSSR count). The van der Waals surface area contributed by atoms with Crippen molar-refractivity contribution in [3.05, 3.63) is 58.1 Å². The van der Waals surface area contributed by atoms with E-state index in [1.807, 2.05) is 0 Å². The van der Waals surface area contributed by atoms with Crippen LogP contribution in [-0.4, -0.2) is 29.8 Å². The molecule has 1 aliphatic heterocycles. The number of benzene rings is 2. The average molecular weight is 419 g/mol. The Kier molecular flexibility index (Phi) is 6.11. The molecule has 0 aromatic heterocycles. The Hall–Kier alpha value is -1.70. The summed E-state index contributed by atoms with van der Waals surface area (Å²) in [5.41, 5.74) is 1.16. The molecule has 1 saturated heterocycles. The smallest absolute Gasteiger partial charge is 0.387 e. The lowest BCUT2D eigenvalue weighted by molar-refractivity contribution is -0.0497. The summed E-state index contributed by atoms with van der Waals surface area (Å²) in [6.07, 6.45) is 0. The monoisotopic (exact) mass is 418 g/mol. The maximum absolute atomic E-state index is 12.7. The van der Waals surface area contributed by atoms with Gasteiger partial charge in [-0.1, -0.05) is 35.3 Å². The van der Waals surface area contributed by atoms with E-state index in [9.17, 15) is 13.6 Å². The minimum absolute atomic E-state index is 0.0223. The molecule has 26 heavy (non-hydrogen) atoms. The largest absolute Gasteiger partial charge is 0.435 e. The van der Waals surface area contributed by atoms with Crippen molar-refractivity contribution < 1.29 is 18.3 Å². The van der Waals surface area contributed by atoms with Gasteiger partial charge in [-0.2, -0.15) is 8.78 Å². The Morgan fingerprint density at radius 3 is 2.81 bits per heavy atom. The van der Waals surface area contributed by atoms with Crippen LogP contribution in [0.2, 0.25) is 10.0 Å². The van der Waals surface area contributed by atoms with Gasteiger partial charge in [0.2, 0.25) is 0 Å². The van der Waals surface area contributed by atoms with Crippen LogP contribution >= 0.6 is 35.0 Å². The van der Waals surface area contributed by atoms with Crippen molar-refractivity contribution in [1.82, 2.24) is 4.90 Å². The summed E-state index contributed by atoms with van der Waals surface area (Å²) in [5, 5.41) is 3.47. The molecule has 0 aliphatic carbocycles. The van der Waals surface area contributed by atoms with Gasteiger partial charge in [0.25, 0.3) is 0 Å². The molecule has 1 atom stereocenters. The molecule has 2 aromatic rings. The van der Waals surface area contributed by atoms with Crippen LogP contribution in [0.25, 0.3) is 0 Å². The zero-order chi connectivity index (χ0) is 18.7. The standard InChI is InChI=1S/C17H14Cl2F2N2O2S/c18-10-4-5-13(14(19)8-10)15-23(6-7-26-15)17(24)22-11-2-1-3-12(9-11)25-16(20)21/h1-5,8-9,15-16H,6-7H2,(H,22,24). The van der Waals surface area contributed by atoms with Gasteiger partial charge in [0, 0.05) is 39.7 Å². The third-order valence-corrected chi connectivity index (χ3v) is 5.50. The first kappa shape index (κ1) is 19.1. The zero-order valence-electron chi connectivity index (χ0n) is 13.3. The van der Waals surface area contributed by atoms with E-state index in [2.05, 4.69) is 10.1 Å². The Morgan fingerprint density at radius 1 is 1.27 bits per heavy atom. The summed E-state index contributed by atoms with van der Waals surface area (Å²) in [5.74, 6) is 0.733. The lowest BCUT2D eigenvalue weighted by atomic mass is 10.2. The molecule has 0 spiro atoms. The molecule has 4 nitrogen and oxygen atoms in total. The van der Waals surface area contributed by atoms with Crippen molar-refractivity contribution in [3.8, 4) is 5.75 Å². The average Bonchev–Trinajstić information content (AvgIpc) is 3.04. The first-order valence-electron chi connectivity index (χ1n) is 7.63. The Balaban J connectivity index is 1.74. The minimum Gasteiger partial charge on any atom is -0.435 e. The number of alkyl halides is 2. The summed E-state index contributed by atoms with van der Waals surface area (Å²) >= 11 is 13.8. The van der Waals surface area contributed by atoms with Crippen LogP contribution in [0.15, 0.2) is 42.5 Å². The van der Waals surface area contributed by atoms with E-state index in [-0.39, 0.29) is 17.2 Å². The number of anilines is 1.